The average molecular weight is 435 g/mol. The summed E-state index contributed by atoms with van der Waals surface area (Å²) in [4.78, 5) is 9.09. The summed E-state index contributed by atoms with van der Waals surface area (Å²) < 4.78 is 5.92. The highest BCUT2D eigenvalue weighted by Crippen LogP contribution is 2.32. The zero-order valence-corrected chi connectivity index (χ0v) is 20.3. The summed E-state index contributed by atoms with van der Waals surface area (Å²) in [6.07, 6.45) is 24.4. The van der Waals surface area contributed by atoms with Crippen molar-refractivity contribution in [2.24, 2.45) is 11.8 Å². The van der Waals surface area contributed by atoms with Gasteiger partial charge in [0, 0.05) is 18.0 Å². The van der Waals surface area contributed by atoms with Crippen LogP contribution in [0, 0.1) is 11.8 Å². The minimum Gasteiger partial charge on any atom is -0.490 e. The third-order valence-corrected chi connectivity index (χ3v) is 6.75. The van der Waals surface area contributed by atoms with E-state index < -0.39 is 0 Å². The maximum Gasteiger partial charge on any atom is 0.159 e. The molecular weight excluding hydrogens is 392 g/mol. The molecular formula is C29H42N2O. The van der Waals surface area contributed by atoms with E-state index in [0.29, 0.717) is 6.61 Å². The number of hydrogen-bond acceptors (Lipinski definition) is 3. The van der Waals surface area contributed by atoms with E-state index in [2.05, 4.69) is 36.0 Å². The standard InChI is InChI=1S/C29H42N2O/c1-3-5-7-10-24-13-15-25(16-14-24)12-9-21-32-28-19-17-27(18-20-28)29-30-22-26(23-31-29)11-8-6-4-2/h9,12,17-20,22-25H,3-8,10-11,13-16,21H2,1-2H3/b12-9+. The fourth-order valence-corrected chi connectivity index (χ4v) is 4.66. The summed E-state index contributed by atoms with van der Waals surface area (Å²) in [5.41, 5.74) is 2.25. The molecule has 2 aromatic rings. The first-order valence-corrected chi connectivity index (χ1v) is 13.0. The van der Waals surface area contributed by atoms with Crippen molar-refractivity contribution in [3.05, 3.63) is 54.4 Å². The van der Waals surface area contributed by atoms with Gasteiger partial charge in [0.05, 0.1) is 0 Å². The van der Waals surface area contributed by atoms with Crippen molar-refractivity contribution < 1.29 is 4.74 Å². The van der Waals surface area contributed by atoms with Crippen LogP contribution >= 0.6 is 0 Å². The molecule has 0 atom stereocenters. The number of allylic oxidation sites excluding steroid dienone is 1. The number of benzene rings is 1. The second-order valence-electron chi connectivity index (χ2n) is 9.41. The summed E-state index contributed by atoms with van der Waals surface area (Å²) in [5.74, 6) is 3.39. The highest BCUT2D eigenvalue weighted by Gasteiger charge is 2.18. The first-order chi connectivity index (χ1) is 15.8. The number of aryl methyl sites for hydroxylation is 1. The summed E-state index contributed by atoms with van der Waals surface area (Å²) in [5, 5.41) is 0. The molecule has 1 fully saturated rings. The van der Waals surface area contributed by atoms with E-state index in [0.717, 1.165) is 35.4 Å². The molecule has 1 aliphatic rings. The van der Waals surface area contributed by atoms with Gasteiger partial charge in [0.25, 0.3) is 0 Å². The number of aromatic nitrogens is 2. The van der Waals surface area contributed by atoms with Crippen LogP contribution in [0.3, 0.4) is 0 Å². The quantitative estimate of drug-likeness (QED) is 0.235. The molecule has 174 valence electrons. The van der Waals surface area contributed by atoms with Crippen LogP contribution in [-0.2, 0) is 6.42 Å². The number of nitrogens with zero attached hydrogens (tertiary/aromatic N) is 2. The Morgan fingerprint density at radius 2 is 1.56 bits per heavy atom. The van der Waals surface area contributed by atoms with E-state index in [1.165, 1.54) is 76.2 Å². The fraction of sp³-hybridized carbons (Fsp3) is 0.586. The molecule has 3 rings (SSSR count). The SMILES string of the molecule is CCCCCc1cnc(-c2ccc(OC/C=C/C3CCC(CCCCC)CC3)cc2)nc1. The molecule has 0 radical (unpaired) electrons. The lowest BCUT2D eigenvalue weighted by Gasteiger charge is -2.26. The van der Waals surface area contributed by atoms with Crippen LogP contribution in [0.2, 0.25) is 0 Å². The van der Waals surface area contributed by atoms with Crippen LogP contribution in [0.15, 0.2) is 48.8 Å². The molecule has 1 aromatic heterocycles. The predicted octanol–water partition coefficient (Wildman–Crippen LogP) is 8.20. The molecule has 0 bridgehead atoms. The molecule has 3 heteroatoms. The van der Waals surface area contributed by atoms with Gasteiger partial charge < -0.3 is 4.74 Å². The van der Waals surface area contributed by atoms with Gasteiger partial charge in [-0.15, -0.1) is 0 Å². The van der Waals surface area contributed by atoms with Gasteiger partial charge in [0.15, 0.2) is 5.82 Å². The van der Waals surface area contributed by atoms with Crippen molar-refractivity contribution in [1.29, 1.82) is 0 Å². The highest BCUT2D eigenvalue weighted by molar-refractivity contribution is 5.55. The van der Waals surface area contributed by atoms with E-state index in [9.17, 15) is 0 Å². The summed E-state index contributed by atoms with van der Waals surface area (Å²) >= 11 is 0. The molecule has 1 aromatic carbocycles. The Bertz CT molecular complexity index is 774. The van der Waals surface area contributed by atoms with Gasteiger partial charge >= 0.3 is 0 Å². The van der Waals surface area contributed by atoms with Crippen LogP contribution in [-0.4, -0.2) is 16.6 Å². The number of unbranched alkanes of at least 4 members (excludes halogenated alkanes) is 4. The largest absolute Gasteiger partial charge is 0.490 e. The molecule has 1 saturated carbocycles. The van der Waals surface area contributed by atoms with E-state index in [-0.39, 0.29) is 0 Å². The third kappa shape index (κ3) is 8.41. The number of ether oxygens (including phenoxy) is 1. The maximum absolute atomic E-state index is 5.92. The first kappa shape index (κ1) is 24.5. The predicted molar refractivity (Wildman–Crippen MR) is 135 cm³/mol. The topological polar surface area (TPSA) is 35.0 Å². The second-order valence-corrected chi connectivity index (χ2v) is 9.41. The van der Waals surface area contributed by atoms with Gasteiger partial charge in [-0.3, -0.25) is 0 Å². The van der Waals surface area contributed by atoms with Crippen molar-refractivity contribution in [2.45, 2.75) is 90.9 Å². The maximum atomic E-state index is 5.92. The Labute approximate surface area is 195 Å². The van der Waals surface area contributed by atoms with Crippen molar-refractivity contribution in [1.82, 2.24) is 9.97 Å². The van der Waals surface area contributed by atoms with Crippen LogP contribution in [0.1, 0.15) is 90.0 Å². The molecule has 3 nitrogen and oxygen atoms in total. The zero-order chi connectivity index (χ0) is 22.4. The molecule has 1 aliphatic carbocycles. The Hall–Kier alpha value is -2.16. The van der Waals surface area contributed by atoms with E-state index in [1.54, 1.807) is 0 Å². The van der Waals surface area contributed by atoms with E-state index in [4.69, 9.17) is 4.74 Å². The fourth-order valence-electron chi connectivity index (χ4n) is 4.66. The molecule has 0 unspecified atom stereocenters. The van der Waals surface area contributed by atoms with Crippen molar-refractivity contribution in [3.8, 4) is 17.1 Å². The van der Waals surface area contributed by atoms with Gasteiger partial charge in [-0.05, 0) is 80.2 Å². The Balaban J connectivity index is 1.37. The number of rotatable bonds is 13. The molecule has 0 amide bonds. The molecule has 32 heavy (non-hydrogen) atoms. The summed E-state index contributed by atoms with van der Waals surface area (Å²) in [7, 11) is 0. The zero-order valence-electron chi connectivity index (χ0n) is 20.3. The van der Waals surface area contributed by atoms with Crippen molar-refractivity contribution in [2.75, 3.05) is 6.61 Å². The highest BCUT2D eigenvalue weighted by atomic mass is 16.5. The number of hydrogen-bond donors (Lipinski definition) is 0. The van der Waals surface area contributed by atoms with Crippen molar-refractivity contribution >= 4 is 0 Å². The molecule has 1 heterocycles. The van der Waals surface area contributed by atoms with Gasteiger partial charge in [-0.1, -0.05) is 64.5 Å². The lowest BCUT2D eigenvalue weighted by atomic mass is 9.79. The minimum atomic E-state index is 0.638. The van der Waals surface area contributed by atoms with Gasteiger partial charge in [-0.25, -0.2) is 9.97 Å². The third-order valence-electron chi connectivity index (χ3n) is 6.75. The Kier molecular flexibility index (Phi) is 10.8. The first-order valence-electron chi connectivity index (χ1n) is 13.0. The Morgan fingerprint density at radius 3 is 2.25 bits per heavy atom. The molecule has 0 saturated heterocycles. The minimum absolute atomic E-state index is 0.638. The van der Waals surface area contributed by atoms with Crippen molar-refractivity contribution in [3.63, 3.8) is 0 Å². The van der Waals surface area contributed by atoms with Crippen LogP contribution < -0.4 is 4.74 Å². The molecule has 0 aliphatic heterocycles. The summed E-state index contributed by atoms with van der Waals surface area (Å²) in [6, 6.07) is 8.13. The summed E-state index contributed by atoms with van der Waals surface area (Å²) in [6.45, 7) is 5.16. The molecule has 0 N–H and O–H groups in total. The van der Waals surface area contributed by atoms with Gasteiger partial charge in [0.2, 0.25) is 0 Å². The average Bonchev–Trinajstić information content (AvgIpc) is 2.84. The normalized spacial score (nSPS) is 18.8. The van der Waals surface area contributed by atoms with E-state index >= 15 is 0 Å². The Morgan fingerprint density at radius 1 is 0.875 bits per heavy atom. The van der Waals surface area contributed by atoms with Crippen LogP contribution in [0.25, 0.3) is 11.4 Å². The van der Waals surface area contributed by atoms with E-state index in [1.807, 2.05) is 36.7 Å². The van der Waals surface area contributed by atoms with Gasteiger partial charge in [-0.2, -0.15) is 0 Å². The van der Waals surface area contributed by atoms with Crippen LogP contribution in [0.5, 0.6) is 5.75 Å². The van der Waals surface area contributed by atoms with Gasteiger partial charge in [0.1, 0.15) is 12.4 Å². The van der Waals surface area contributed by atoms with Crippen LogP contribution in [0.4, 0.5) is 0 Å². The monoisotopic (exact) mass is 434 g/mol. The molecule has 0 spiro atoms. The lowest BCUT2D eigenvalue weighted by Crippen LogP contribution is -2.13. The second kappa shape index (κ2) is 14.1. The smallest absolute Gasteiger partial charge is 0.159 e. The lowest BCUT2D eigenvalue weighted by molar-refractivity contribution is 0.288.